The van der Waals surface area contributed by atoms with E-state index in [1.54, 1.807) is 0 Å². The quantitative estimate of drug-likeness (QED) is 0.883. The van der Waals surface area contributed by atoms with E-state index in [4.69, 9.17) is 10.5 Å². The first-order chi connectivity index (χ1) is 6.72. The lowest BCUT2D eigenvalue weighted by molar-refractivity contribution is 0.356. The van der Waals surface area contributed by atoms with Gasteiger partial charge in [-0.05, 0) is 29.7 Å². The second-order valence-electron chi connectivity index (χ2n) is 3.59. The van der Waals surface area contributed by atoms with Crippen LogP contribution in [-0.2, 0) is 6.42 Å². The highest BCUT2D eigenvalue weighted by atomic mass is 79.9. The van der Waals surface area contributed by atoms with Gasteiger partial charge in [-0.15, -0.1) is 0 Å². The third-order valence-corrected chi connectivity index (χ3v) is 3.33. The van der Waals surface area contributed by atoms with Crippen molar-refractivity contribution in [3.05, 3.63) is 27.7 Å². The number of ether oxygens (including phenoxy) is 1. The molecule has 2 rings (SSSR count). The minimum Gasteiger partial charge on any atom is -0.493 e. The van der Waals surface area contributed by atoms with Crippen LogP contribution in [0.3, 0.4) is 0 Å². The second-order valence-corrected chi connectivity index (χ2v) is 4.45. The summed E-state index contributed by atoms with van der Waals surface area (Å²) in [5.74, 6) is 1.00. The molecule has 2 nitrogen and oxygen atoms in total. The Morgan fingerprint density at radius 1 is 1.57 bits per heavy atom. The van der Waals surface area contributed by atoms with Gasteiger partial charge in [0, 0.05) is 16.9 Å². The normalized spacial score (nSPS) is 16.2. The number of nitrogens with two attached hydrogens (primary N) is 1. The van der Waals surface area contributed by atoms with Crippen molar-refractivity contribution in [2.24, 2.45) is 5.73 Å². The fourth-order valence-corrected chi connectivity index (χ4v) is 2.34. The van der Waals surface area contributed by atoms with E-state index in [1.165, 1.54) is 11.1 Å². The average molecular weight is 256 g/mol. The summed E-state index contributed by atoms with van der Waals surface area (Å²) >= 11 is 3.53. The molecule has 0 unspecified atom stereocenters. The number of rotatable bonds is 2. The van der Waals surface area contributed by atoms with Crippen molar-refractivity contribution in [1.29, 1.82) is 0 Å². The standard InChI is InChI=1S/C11H14BrNO/c1-2-10(13)8-5-7-3-4-14-11(7)6-9(8)12/h5-6,10H,2-4,13H2,1H3/t10-/m0/s1. The zero-order valence-electron chi connectivity index (χ0n) is 8.22. The van der Waals surface area contributed by atoms with Crippen LogP contribution in [0.25, 0.3) is 0 Å². The van der Waals surface area contributed by atoms with Crippen LogP contribution in [0.4, 0.5) is 0 Å². The van der Waals surface area contributed by atoms with Gasteiger partial charge < -0.3 is 10.5 Å². The van der Waals surface area contributed by atoms with Gasteiger partial charge in [-0.3, -0.25) is 0 Å². The van der Waals surface area contributed by atoms with Crippen molar-refractivity contribution in [1.82, 2.24) is 0 Å². The van der Waals surface area contributed by atoms with E-state index in [2.05, 4.69) is 28.9 Å². The molecule has 0 saturated heterocycles. The summed E-state index contributed by atoms with van der Waals surface area (Å²) in [5, 5.41) is 0. The predicted octanol–water partition coefficient (Wildman–Crippen LogP) is 2.79. The zero-order valence-corrected chi connectivity index (χ0v) is 9.80. The predicted molar refractivity (Wildman–Crippen MR) is 60.6 cm³/mol. The number of fused-ring (bicyclic) bond motifs is 1. The minimum atomic E-state index is 0.121. The van der Waals surface area contributed by atoms with E-state index in [-0.39, 0.29) is 6.04 Å². The summed E-state index contributed by atoms with van der Waals surface area (Å²) in [4.78, 5) is 0. The number of benzene rings is 1. The fraction of sp³-hybridized carbons (Fsp3) is 0.455. The molecule has 76 valence electrons. The van der Waals surface area contributed by atoms with Crippen LogP contribution in [0.5, 0.6) is 5.75 Å². The van der Waals surface area contributed by atoms with E-state index < -0.39 is 0 Å². The summed E-state index contributed by atoms with van der Waals surface area (Å²) in [6.07, 6.45) is 1.96. The molecule has 1 heterocycles. The highest BCUT2D eigenvalue weighted by molar-refractivity contribution is 9.10. The summed E-state index contributed by atoms with van der Waals surface area (Å²) in [6, 6.07) is 4.32. The van der Waals surface area contributed by atoms with Crippen molar-refractivity contribution in [3.8, 4) is 5.75 Å². The Labute approximate surface area is 92.6 Å². The van der Waals surface area contributed by atoms with Crippen molar-refractivity contribution < 1.29 is 4.74 Å². The van der Waals surface area contributed by atoms with Gasteiger partial charge in [0.25, 0.3) is 0 Å². The summed E-state index contributed by atoms with van der Waals surface area (Å²) < 4.78 is 6.54. The largest absolute Gasteiger partial charge is 0.493 e. The van der Waals surface area contributed by atoms with Crippen LogP contribution < -0.4 is 10.5 Å². The summed E-state index contributed by atoms with van der Waals surface area (Å²) in [6.45, 7) is 2.90. The van der Waals surface area contributed by atoms with E-state index in [1.807, 2.05) is 6.07 Å². The molecule has 0 spiro atoms. The highest BCUT2D eigenvalue weighted by Crippen LogP contribution is 2.34. The van der Waals surface area contributed by atoms with E-state index in [9.17, 15) is 0 Å². The topological polar surface area (TPSA) is 35.2 Å². The van der Waals surface area contributed by atoms with Crippen LogP contribution in [0.2, 0.25) is 0 Å². The van der Waals surface area contributed by atoms with Crippen molar-refractivity contribution in [3.63, 3.8) is 0 Å². The van der Waals surface area contributed by atoms with Gasteiger partial charge in [-0.25, -0.2) is 0 Å². The first-order valence-corrected chi connectivity index (χ1v) is 5.72. The Kier molecular flexibility index (Phi) is 2.79. The number of hydrogen-bond donors (Lipinski definition) is 1. The zero-order chi connectivity index (χ0) is 10.1. The van der Waals surface area contributed by atoms with Gasteiger partial charge >= 0.3 is 0 Å². The minimum absolute atomic E-state index is 0.121. The molecule has 0 aliphatic carbocycles. The molecule has 0 amide bonds. The molecule has 1 aromatic carbocycles. The van der Waals surface area contributed by atoms with Gasteiger partial charge in [0.15, 0.2) is 0 Å². The summed E-state index contributed by atoms with van der Waals surface area (Å²) in [7, 11) is 0. The van der Waals surface area contributed by atoms with Crippen molar-refractivity contribution >= 4 is 15.9 Å². The molecule has 1 aliphatic rings. The molecular formula is C11H14BrNO. The molecule has 1 aliphatic heterocycles. The van der Waals surface area contributed by atoms with Gasteiger partial charge in [-0.2, -0.15) is 0 Å². The van der Waals surface area contributed by atoms with Crippen LogP contribution in [-0.4, -0.2) is 6.61 Å². The van der Waals surface area contributed by atoms with E-state index in [0.717, 1.165) is 29.7 Å². The molecule has 0 fully saturated rings. The average Bonchev–Trinajstić information content (AvgIpc) is 2.62. The Hall–Kier alpha value is -0.540. The van der Waals surface area contributed by atoms with Gasteiger partial charge in [-0.1, -0.05) is 22.9 Å². The van der Waals surface area contributed by atoms with E-state index >= 15 is 0 Å². The van der Waals surface area contributed by atoms with E-state index in [0.29, 0.717) is 0 Å². The monoisotopic (exact) mass is 255 g/mol. The van der Waals surface area contributed by atoms with Crippen LogP contribution >= 0.6 is 15.9 Å². The van der Waals surface area contributed by atoms with Gasteiger partial charge in [0.05, 0.1) is 6.61 Å². The van der Waals surface area contributed by atoms with Crippen molar-refractivity contribution in [2.75, 3.05) is 6.61 Å². The second kappa shape index (κ2) is 3.91. The molecular weight excluding hydrogens is 242 g/mol. The Morgan fingerprint density at radius 2 is 2.36 bits per heavy atom. The maximum atomic E-state index is 6.02. The molecule has 3 heteroatoms. The van der Waals surface area contributed by atoms with Gasteiger partial charge in [0.1, 0.15) is 5.75 Å². The van der Waals surface area contributed by atoms with Crippen LogP contribution in [0.15, 0.2) is 16.6 Å². The lowest BCUT2D eigenvalue weighted by Gasteiger charge is -2.13. The lowest BCUT2D eigenvalue weighted by Crippen LogP contribution is -2.09. The highest BCUT2D eigenvalue weighted by Gasteiger charge is 2.17. The lowest BCUT2D eigenvalue weighted by atomic mass is 10.0. The molecule has 0 saturated carbocycles. The first kappa shape index (κ1) is 9.99. The SMILES string of the molecule is CC[C@H](N)c1cc2c(cc1Br)OCC2. The molecule has 14 heavy (non-hydrogen) atoms. The maximum Gasteiger partial charge on any atom is 0.123 e. The van der Waals surface area contributed by atoms with Crippen LogP contribution in [0.1, 0.15) is 30.5 Å². The molecule has 1 aromatic rings. The smallest absolute Gasteiger partial charge is 0.123 e. The molecule has 0 radical (unpaired) electrons. The van der Waals surface area contributed by atoms with Crippen LogP contribution in [0, 0.1) is 0 Å². The van der Waals surface area contributed by atoms with Crippen molar-refractivity contribution in [2.45, 2.75) is 25.8 Å². The Morgan fingerprint density at radius 3 is 3.07 bits per heavy atom. The third-order valence-electron chi connectivity index (χ3n) is 2.65. The Balaban J connectivity index is 2.42. The molecule has 0 bridgehead atoms. The molecule has 0 aromatic heterocycles. The Bertz CT molecular complexity index is 351. The third kappa shape index (κ3) is 1.66. The molecule has 1 atom stereocenters. The number of hydrogen-bond acceptors (Lipinski definition) is 2. The first-order valence-electron chi connectivity index (χ1n) is 4.93. The maximum absolute atomic E-state index is 6.02. The molecule has 2 N–H and O–H groups in total. The summed E-state index contributed by atoms with van der Waals surface area (Å²) in [5.41, 5.74) is 8.49. The number of halogens is 1. The fourth-order valence-electron chi connectivity index (χ4n) is 1.72. The van der Waals surface area contributed by atoms with Gasteiger partial charge in [0.2, 0.25) is 0 Å².